The SMILES string of the molecule is CCOC(=O)N1CCCN(C2CCC3(CC2)C(=O)Nc2cccnc23)CC1. The van der Waals surface area contributed by atoms with Gasteiger partial charge in [-0.1, -0.05) is 0 Å². The van der Waals surface area contributed by atoms with E-state index in [2.05, 4.69) is 15.2 Å². The van der Waals surface area contributed by atoms with Gasteiger partial charge in [0.1, 0.15) is 0 Å². The van der Waals surface area contributed by atoms with Crippen molar-refractivity contribution in [2.45, 2.75) is 50.5 Å². The van der Waals surface area contributed by atoms with E-state index in [4.69, 9.17) is 4.74 Å². The van der Waals surface area contributed by atoms with Crippen LogP contribution >= 0.6 is 0 Å². The van der Waals surface area contributed by atoms with Crippen LogP contribution in [0.5, 0.6) is 0 Å². The molecule has 0 radical (unpaired) electrons. The van der Waals surface area contributed by atoms with Gasteiger partial charge in [-0.25, -0.2) is 4.79 Å². The van der Waals surface area contributed by atoms with Crippen LogP contribution in [0.3, 0.4) is 0 Å². The van der Waals surface area contributed by atoms with E-state index in [1.807, 2.05) is 24.0 Å². The van der Waals surface area contributed by atoms with E-state index in [9.17, 15) is 9.59 Å². The fourth-order valence-electron chi connectivity index (χ4n) is 4.86. The summed E-state index contributed by atoms with van der Waals surface area (Å²) in [7, 11) is 0. The topological polar surface area (TPSA) is 74.8 Å². The number of nitrogens with one attached hydrogen (secondary N) is 1. The highest BCUT2D eigenvalue weighted by Gasteiger charge is 2.50. The van der Waals surface area contributed by atoms with E-state index in [0.29, 0.717) is 19.2 Å². The predicted molar refractivity (Wildman–Crippen MR) is 102 cm³/mol. The number of aromatic nitrogens is 1. The van der Waals surface area contributed by atoms with Gasteiger partial charge >= 0.3 is 6.09 Å². The molecule has 146 valence electrons. The van der Waals surface area contributed by atoms with Gasteiger partial charge in [-0.05, 0) is 51.2 Å². The maximum Gasteiger partial charge on any atom is 0.409 e. The van der Waals surface area contributed by atoms with Crippen molar-refractivity contribution >= 4 is 17.7 Å². The quantitative estimate of drug-likeness (QED) is 0.863. The number of ether oxygens (including phenoxy) is 1. The normalized spacial score (nSPS) is 28.6. The lowest BCUT2D eigenvalue weighted by atomic mass is 9.70. The van der Waals surface area contributed by atoms with Gasteiger partial charge in [0, 0.05) is 38.4 Å². The zero-order valence-electron chi connectivity index (χ0n) is 15.9. The molecule has 3 aliphatic rings. The number of carbonyl (C=O) groups is 2. The van der Waals surface area contributed by atoms with Crippen LogP contribution in [0, 0.1) is 0 Å². The number of amides is 2. The van der Waals surface area contributed by atoms with Crippen LogP contribution < -0.4 is 5.32 Å². The largest absolute Gasteiger partial charge is 0.450 e. The highest BCUT2D eigenvalue weighted by Crippen LogP contribution is 2.47. The standard InChI is InChI=1S/C20H28N4O3/c1-2-27-19(26)24-12-4-11-23(13-14-24)15-6-8-20(9-7-15)17-16(22-18(20)25)5-3-10-21-17/h3,5,10,15H,2,4,6-9,11-14H2,1H3,(H,22,25). The smallest absolute Gasteiger partial charge is 0.409 e. The Kier molecular flexibility index (Phi) is 5.04. The summed E-state index contributed by atoms with van der Waals surface area (Å²) < 4.78 is 5.14. The molecule has 1 aromatic rings. The zero-order chi connectivity index (χ0) is 18.9. The van der Waals surface area contributed by atoms with Crippen molar-refractivity contribution in [3.8, 4) is 0 Å². The molecule has 2 amide bonds. The Hall–Kier alpha value is -2.15. The Morgan fingerprint density at radius 1 is 1.30 bits per heavy atom. The lowest BCUT2D eigenvalue weighted by Crippen LogP contribution is -2.46. The van der Waals surface area contributed by atoms with Gasteiger partial charge < -0.3 is 15.0 Å². The van der Waals surface area contributed by atoms with E-state index in [0.717, 1.165) is 63.1 Å². The van der Waals surface area contributed by atoms with Gasteiger partial charge in [0.05, 0.1) is 23.4 Å². The molecule has 1 N–H and O–H groups in total. The molecule has 0 aromatic carbocycles. The van der Waals surface area contributed by atoms with Gasteiger partial charge in [0.15, 0.2) is 0 Å². The average molecular weight is 372 g/mol. The van der Waals surface area contributed by atoms with Crippen LogP contribution in [0.4, 0.5) is 10.5 Å². The van der Waals surface area contributed by atoms with E-state index in [1.54, 1.807) is 6.20 Å². The number of hydrogen-bond donors (Lipinski definition) is 1. The minimum atomic E-state index is -0.449. The third-order valence-corrected chi connectivity index (χ3v) is 6.33. The number of pyridine rings is 1. The second-order valence-corrected chi connectivity index (χ2v) is 7.74. The molecule has 0 unspecified atom stereocenters. The Balaban J connectivity index is 1.39. The van der Waals surface area contributed by atoms with Crippen LogP contribution in [0.2, 0.25) is 0 Å². The number of anilines is 1. The molecule has 1 saturated carbocycles. The Labute approximate surface area is 160 Å². The summed E-state index contributed by atoms with van der Waals surface area (Å²) in [5.74, 6) is 0.110. The Bertz CT molecular complexity index is 715. The highest BCUT2D eigenvalue weighted by molar-refractivity contribution is 6.05. The molecule has 3 heterocycles. The summed E-state index contributed by atoms with van der Waals surface area (Å²) in [6.45, 7) is 5.59. The molecular formula is C20H28N4O3. The molecule has 1 aliphatic carbocycles. The minimum absolute atomic E-state index is 0.110. The first-order valence-corrected chi connectivity index (χ1v) is 10.1. The molecule has 0 atom stereocenters. The predicted octanol–water partition coefficient (Wildman–Crippen LogP) is 2.38. The van der Waals surface area contributed by atoms with Crippen LogP contribution in [-0.4, -0.2) is 65.6 Å². The fraction of sp³-hybridized carbons (Fsp3) is 0.650. The highest BCUT2D eigenvalue weighted by atomic mass is 16.6. The number of rotatable bonds is 2. The summed E-state index contributed by atoms with van der Waals surface area (Å²) >= 11 is 0. The molecule has 2 fully saturated rings. The van der Waals surface area contributed by atoms with Crippen molar-refractivity contribution in [2.75, 3.05) is 38.1 Å². The molecule has 4 rings (SSSR count). The molecule has 7 heteroatoms. The molecule has 1 aromatic heterocycles. The average Bonchev–Trinajstić information content (AvgIpc) is 2.84. The number of nitrogens with zero attached hydrogens (tertiary/aromatic N) is 3. The molecule has 1 spiro atoms. The maximum atomic E-state index is 12.7. The first-order chi connectivity index (χ1) is 13.1. The van der Waals surface area contributed by atoms with Crippen molar-refractivity contribution in [3.63, 3.8) is 0 Å². The number of hydrogen-bond acceptors (Lipinski definition) is 5. The third-order valence-electron chi connectivity index (χ3n) is 6.33. The van der Waals surface area contributed by atoms with Crippen LogP contribution in [0.25, 0.3) is 0 Å². The lowest BCUT2D eigenvalue weighted by molar-refractivity contribution is -0.122. The van der Waals surface area contributed by atoms with Crippen LogP contribution in [0.1, 0.15) is 44.7 Å². The zero-order valence-corrected chi connectivity index (χ0v) is 15.9. The van der Waals surface area contributed by atoms with Gasteiger partial charge in [-0.2, -0.15) is 0 Å². The van der Waals surface area contributed by atoms with Gasteiger partial charge in [0.25, 0.3) is 0 Å². The van der Waals surface area contributed by atoms with E-state index in [1.165, 1.54) is 0 Å². The fourth-order valence-corrected chi connectivity index (χ4v) is 4.86. The first-order valence-electron chi connectivity index (χ1n) is 10.1. The van der Waals surface area contributed by atoms with Gasteiger partial charge in [-0.3, -0.25) is 14.7 Å². The summed E-state index contributed by atoms with van der Waals surface area (Å²) in [5, 5.41) is 3.02. The van der Waals surface area contributed by atoms with E-state index >= 15 is 0 Å². The van der Waals surface area contributed by atoms with Gasteiger partial charge in [-0.15, -0.1) is 0 Å². The first kappa shape index (κ1) is 18.2. The second kappa shape index (κ2) is 7.46. The molecule has 0 bridgehead atoms. The molecular weight excluding hydrogens is 344 g/mol. The lowest BCUT2D eigenvalue weighted by Gasteiger charge is -2.40. The monoisotopic (exact) mass is 372 g/mol. The summed E-state index contributed by atoms with van der Waals surface area (Å²) in [6.07, 6.45) is 6.20. The number of carbonyl (C=O) groups excluding carboxylic acids is 2. The summed E-state index contributed by atoms with van der Waals surface area (Å²) in [5.41, 5.74) is 1.36. The van der Waals surface area contributed by atoms with Crippen molar-refractivity contribution in [3.05, 3.63) is 24.0 Å². The van der Waals surface area contributed by atoms with Crippen LogP contribution in [0.15, 0.2) is 18.3 Å². The number of fused-ring (bicyclic) bond motifs is 2. The van der Waals surface area contributed by atoms with Crippen LogP contribution in [-0.2, 0) is 14.9 Å². The summed E-state index contributed by atoms with van der Waals surface area (Å²) in [4.78, 5) is 33.5. The Morgan fingerprint density at radius 2 is 2.11 bits per heavy atom. The minimum Gasteiger partial charge on any atom is -0.450 e. The van der Waals surface area contributed by atoms with E-state index in [-0.39, 0.29) is 12.0 Å². The Morgan fingerprint density at radius 3 is 2.89 bits per heavy atom. The van der Waals surface area contributed by atoms with Crippen molar-refractivity contribution < 1.29 is 14.3 Å². The summed E-state index contributed by atoms with van der Waals surface area (Å²) in [6, 6.07) is 4.29. The molecule has 7 nitrogen and oxygen atoms in total. The van der Waals surface area contributed by atoms with Crippen molar-refractivity contribution in [1.82, 2.24) is 14.8 Å². The third kappa shape index (κ3) is 3.29. The molecule has 27 heavy (non-hydrogen) atoms. The molecule has 1 saturated heterocycles. The second-order valence-electron chi connectivity index (χ2n) is 7.74. The van der Waals surface area contributed by atoms with Crippen molar-refractivity contribution in [1.29, 1.82) is 0 Å². The molecule has 2 aliphatic heterocycles. The van der Waals surface area contributed by atoms with Gasteiger partial charge in [0.2, 0.25) is 5.91 Å². The van der Waals surface area contributed by atoms with E-state index < -0.39 is 5.41 Å². The maximum absolute atomic E-state index is 12.7. The van der Waals surface area contributed by atoms with Crippen molar-refractivity contribution in [2.24, 2.45) is 0 Å².